The lowest BCUT2D eigenvalue weighted by Gasteiger charge is -2.07. The van der Waals surface area contributed by atoms with Crippen molar-refractivity contribution < 1.29 is 14.7 Å². The van der Waals surface area contributed by atoms with Gasteiger partial charge in [0.15, 0.2) is 0 Å². The lowest BCUT2D eigenvalue weighted by molar-refractivity contribution is 0.0696. The van der Waals surface area contributed by atoms with Gasteiger partial charge in [0, 0.05) is 20.7 Å². The molecule has 4 nitrogen and oxygen atoms in total. The Balaban J connectivity index is 2.23. The first-order valence-corrected chi connectivity index (χ1v) is 6.73. The van der Waals surface area contributed by atoms with Gasteiger partial charge in [-0.25, -0.2) is 4.79 Å². The highest BCUT2D eigenvalue weighted by Gasteiger charge is 2.09. The third kappa shape index (κ3) is 3.59. The van der Waals surface area contributed by atoms with Crippen molar-refractivity contribution in [3.05, 3.63) is 63.1 Å². The van der Waals surface area contributed by atoms with E-state index in [9.17, 15) is 9.59 Å². The number of anilines is 1. The molecule has 0 atom stereocenters. The lowest BCUT2D eigenvalue weighted by Crippen LogP contribution is -2.12. The smallest absolute Gasteiger partial charge is 0.335 e. The molecule has 0 bridgehead atoms. The fourth-order valence-corrected chi connectivity index (χ4v) is 2.48. The molecule has 20 heavy (non-hydrogen) atoms. The van der Waals surface area contributed by atoms with Crippen LogP contribution in [-0.4, -0.2) is 17.0 Å². The minimum Gasteiger partial charge on any atom is -0.478 e. The maximum absolute atomic E-state index is 12.1. The van der Waals surface area contributed by atoms with E-state index in [4.69, 9.17) is 16.7 Å². The summed E-state index contributed by atoms with van der Waals surface area (Å²) in [4.78, 5) is 22.9. The van der Waals surface area contributed by atoms with Crippen LogP contribution in [0.3, 0.4) is 0 Å². The first kappa shape index (κ1) is 14.6. The number of halogens is 2. The number of amides is 1. The van der Waals surface area contributed by atoms with Crippen LogP contribution in [0.1, 0.15) is 20.7 Å². The predicted molar refractivity (Wildman–Crippen MR) is 80.5 cm³/mol. The summed E-state index contributed by atoms with van der Waals surface area (Å²) in [6, 6.07) is 10.8. The number of aromatic carboxylic acids is 1. The molecular formula is C14H9BrClNO3. The number of hydrogen-bond donors (Lipinski definition) is 2. The molecule has 2 aromatic rings. The summed E-state index contributed by atoms with van der Waals surface area (Å²) < 4.78 is 0.689. The minimum absolute atomic E-state index is 0.107. The summed E-state index contributed by atoms with van der Waals surface area (Å²) in [6.07, 6.45) is 0. The summed E-state index contributed by atoms with van der Waals surface area (Å²) in [7, 11) is 0. The fraction of sp³-hybridized carbons (Fsp3) is 0. The number of nitrogens with one attached hydrogen (secondary N) is 1. The molecule has 2 aromatic carbocycles. The summed E-state index contributed by atoms with van der Waals surface area (Å²) in [5, 5.41) is 12.0. The van der Waals surface area contributed by atoms with E-state index >= 15 is 0 Å². The number of benzene rings is 2. The average Bonchev–Trinajstić information content (AvgIpc) is 2.37. The third-order valence-corrected chi connectivity index (χ3v) is 3.17. The van der Waals surface area contributed by atoms with E-state index in [1.54, 1.807) is 24.3 Å². The molecule has 0 aromatic heterocycles. The van der Waals surface area contributed by atoms with Crippen LogP contribution in [0.15, 0.2) is 46.9 Å². The molecule has 2 N–H and O–H groups in total. The van der Waals surface area contributed by atoms with Gasteiger partial charge in [-0.2, -0.15) is 0 Å². The quantitative estimate of drug-likeness (QED) is 0.874. The molecule has 0 aliphatic rings. The molecule has 0 fully saturated rings. The molecule has 0 saturated carbocycles. The fourth-order valence-electron chi connectivity index (χ4n) is 1.62. The number of carboxylic acids is 1. The number of rotatable bonds is 3. The molecule has 0 radical (unpaired) electrons. The van der Waals surface area contributed by atoms with Crippen LogP contribution < -0.4 is 5.32 Å². The molecule has 2 rings (SSSR count). The average molecular weight is 355 g/mol. The Labute approximate surface area is 128 Å². The van der Waals surface area contributed by atoms with E-state index in [0.717, 1.165) is 0 Å². The summed E-state index contributed by atoms with van der Waals surface area (Å²) in [5.74, 6) is -1.41. The number of carbonyl (C=O) groups excluding carboxylic acids is 1. The molecule has 6 heteroatoms. The molecule has 0 saturated heterocycles. The van der Waals surface area contributed by atoms with Gasteiger partial charge in [-0.1, -0.05) is 33.6 Å². The standard InChI is InChI=1S/C14H9BrClNO3/c15-10-4-9(5-11(16)7-10)13(18)17-12-3-1-2-8(6-12)14(19)20/h1-7H,(H,17,18)(H,19,20). The Bertz CT molecular complexity index is 668. The largest absolute Gasteiger partial charge is 0.478 e. The topological polar surface area (TPSA) is 66.4 Å². The van der Waals surface area contributed by atoms with Crippen molar-refractivity contribution >= 4 is 45.1 Å². The molecule has 1 amide bonds. The van der Waals surface area contributed by atoms with Crippen molar-refractivity contribution in [3.63, 3.8) is 0 Å². The Morgan fingerprint density at radius 2 is 1.85 bits per heavy atom. The van der Waals surface area contributed by atoms with E-state index in [-0.39, 0.29) is 11.5 Å². The van der Waals surface area contributed by atoms with Crippen molar-refractivity contribution in [2.45, 2.75) is 0 Å². The van der Waals surface area contributed by atoms with Crippen molar-refractivity contribution in [2.75, 3.05) is 5.32 Å². The van der Waals surface area contributed by atoms with Crippen LogP contribution in [0.5, 0.6) is 0 Å². The van der Waals surface area contributed by atoms with E-state index in [0.29, 0.717) is 20.7 Å². The Kier molecular flexibility index (Phi) is 4.42. The Morgan fingerprint density at radius 1 is 1.10 bits per heavy atom. The first-order valence-electron chi connectivity index (χ1n) is 5.56. The second kappa shape index (κ2) is 6.07. The van der Waals surface area contributed by atoms with Crippen LogP contribution >= 0.6 is 27.5 Å². The summed E-state index contributed by atoms with van der Waals surface area (Å²) in [6.45, 7) is 0. The molecule has 0 spiro atoms. The van der Waals surface area contributed by atoms with Crippen LogP contribution in [0.2, 0.25) is 5.02 Å². The van der Waals surface area contributed by atoms with Crippen molar-refractivity contribution in [1.29, 1.82) is 0 Å². The van der Waals surface area contributed by atoms with Crippen molar-refractivity contribution in [3.8, 4) is 0 Å². The zero-order valence-electron chi connectivity index (χ0n) is 10.1. The number of carboxylic acid groups (broad SMARTS) is 1. The zero-order chi connectivity index (χ0) is 14.7. The number of carbonyl (C=O) groups is 2. The van der Waals surface area contributed by atoms with Crippen LogP contribution in [-0.2, 0) is 0 Å². The van der Waals surface area contributed by atoms with Gasteiger partial charge in [-0.15, -0.1) is 0 Å². The summed E-state index contributed by atoms with van der Waals surface area (Å²) >= 11 is 9.13. The molecule has 0 aliphatic heterocycles. The van der Waals surface area contributed by atoms with E-state index < -0.39 is 5.97 Å². The monoisotopic (exact) mass is 353 g/mol. The minimum atomic E-state index is -1.05. The highest BCUT2D eigenvalue weighted by molar-refractivity contribution is 9.10. The van der Waals surface area contributed by atoms with Crippen molar-refractivity contribution in [1.82, 2.24) is 0 Å². The van der Waals surface area contributed by atoms with Crippen LogP contribution in [0, 0.1) is 0 Å². The van der Waals surface area contributed by atoms with Crippen LogP contribution in [0.4, 0.5) is 5.69 Å². The summed E-state index contributed by atoms with van der Waals surface area (Å²) in [5.41, 5.74) is 0.895. The maximum Gasteiger partial charge on any atom is 0.335 e. The molecule has 0 heterocycles. The second-order valence-electron chi connectivity index (χ2n) is 4.00. The third-order valence-electron chi connectivity index (χ3n) is 2.49. The molecule has 0 aliphatic carbocycles. The molecule has 0 unspecified atom stereocenters. The SMILES string of the molecule is O=C(O)c1cccc(NC(=O)c2cc(Cl)cc(Br)c2)c1. The van der Waals surface area contributed by atoms with E-state index in [2.05, 4.69) is 21.2 Å². The van der Waals surface area contributed by atoms with Crippen molar-refractivity contribution in [2.24, 2.45) is 0 Å². The van der Waals surface area contributed by atoms with E-state index in [1.807, 2.05) is 0 Å². The first-order chi connectivity index (χ1) is 9.45. The molecule has 102 valence electrons. The van der Waals surface area contributed by atoms with Gasteiger partial charge in [0.1, 0.15) is 0 Å². The van der Waals surface area contributed by atoms with Gasteiger partial charge < -0.3 is 10.4 Å². The highest BCUT2D eigenvalue weighted by atomic mass is 79.9. The predicted octanol–water partition coefficient (Wildman–Crippen LogP) is 4.05. The van der Waals surface area contributed by atoms with Gasteiger partial charge in [0.05, 0.1) is 5.56 Å². The van der Waals surface area contributed by atoms with Gasteiger partial charge >= 0.3 is 5.97 Å². The normalized spacial score (nSPS) is 10.1. The van der Waals surface area contributed by atoms with E-state index in [1.165, 1.54) is 18.2 Å². The highest BCUT2D eigenvalue weighted by Crippen LogP contribution is 2.20. The Hall–Kier alpha value is -1.85. The Morgan fingerprint density at radius 3 is 2.50 bits per heavy atom. The van der Waals surface area contributed by atoms with Gasteiger partial charge in [-0.3, -0.25) is 4.79 Å². The zero-order valence-corrected chi connectivity index (χ0v) is 12.4. The molecular weight excluding hydrogens is 346 g/mol. The number of hydrogen-bond acceptors (Lipinski definition) is 2. The second-order valence-corrected chi connectivity index (χ2v) is 5.35. The van der Waals surface area contributed by atoms with Gasteiger partial charge in [0.25, 0.3) is 5.91 Å². The lowest BCUT2D eigenvalue weighted by atomic mass is 10.2. The van der Waals surface area contributed by atoms with Crippen LogP contribution in [0.25, 0.3) is 0 Å². The maximum atomic E-state index is 12.1. The van der Waals surface area contributed by atoms with Gasteiger partial charge in [0.2, 0.25) is 0 Å². The van der Waals surface area contributed by atoms with Gasteiger partial charge in [-0.05, 0) is 36.4 Å².